The van der Waals surface area contributed by atoms with Gasteiger partial charge in [0.1, 0.15) is 5.75 Å². The molecule has 0 unspecified atom stereocenters. The van der Waals surface area contributed by atoms with Crippen molar-refractivity contribution in [2.45, 2.75) is 13.8 Å². The molecule has 4 heteroatoms. The molecular weight excluding hydrogens is 194 g/mol. The number of nitrogens with zero attached hydrogens (tertiary/aromatic N) is 1. The summed E-state index contributed by atoms with van der Waals surface area (Å²) in [7, 11) is 0. The Morgan fingerprint density at radius 3 is 2.40 bits per heavy atom. The van der Waals surface area contributed by atoms with Gasteiger partial charge in [0.05, 0.1) is 6.61 Å². The lowest BCUT2D eigenvalue weighted by Crippen LogP contribution is -2.11. The van der Waals surface area contributed by atoms with E-state index < -0.39 is 0 Å². The first-order chi connectivity index (χ1) is 7.19. The van der Waals surface area contributed by atoms with Crippen molar-refractivity contribution in [3.05, 3.63) is 29.8 Å². The molecule has 0 aromatic heterocycles. The maximum atomic E-state index is 11.1. The van der Waals surface area contributed by atoms with Crippen molar-refractivity contribution >= 4 is 11.5 Å². The average Bonchev–Trinajstić information content (AvgIpc) is 2.21. The van der Waals surface area contributed by atoms with E-state index in [1.165, 1.54) is 6.92 Å². The number of hydrogen-bond acceptors (Lipinski definition) is 4. The van der Waals surface area contributed by atoms with Crippen LogP contribution in [0.5, 0.6) is 5.75 Å². The number of rotatable bonds is 4. The minimum atomic E-state index is -0.276. The zero-order chi connectivity index (χ0) is 11.3. The summed E-state index contributed by atoms with van der Waals surface area (Å²) in [5.74, 6) is 0.448. The van der Waals surface area contributed by atoms with Crippen molar-refractivity contribution in [3.8, 4) is 5.75 Å². The summed E-state index contributed by atoms with van der Waals surface area (Å²) in [5, 5.41) is 11.6. The van der Waals surface area contributed by atoms with Gasteiger partial charge in [0.15, 0.2) is 11.5 Å². The van der Waals surface area contributed by atoms with Gasteiger partial charge < -0.3 is 9.94 Å². The van der Waals surface area contributed by atoms with Gasteiger partial charge in [-0.05, 0) is 31.2 Å². The van der Waals surface area contributed by atoms with E-state index in [1.54, 1.807) is 24.3 Å². The Labute approximate surface area is 88.2 Å². The third-order valence-corrected chi connectivity index (χ3v) is 1.87. The third-order valence-electron chi connectivity index (χ3n) is 1.87. The van der Waals surface area contributed by atoms with Crippen LogP contribution in [0.25, 0.3) is 0 Å². The fourth-order valence-electron chi connectivity index (χ4n) is 1.21. The zero-order valence-corrected chi connectivity index (χ0v) is 8.73. The molecule has 0 aliphatic heterocycles. The largest absolute Gasteiger partial charge is 0.494 e. The van der Waals surface area contributed by atoms with E-state index in [-0.39, 0.29) is 11.5 Å². The molecule has 0 aliphatic rings. The molecule has 4 nitrogen and oxygen atoms in total. The van der Waals surface area contributed by atoms with Crippen LogP contribution in [-0.2, 0) is 4.79 Å². The predicted molar refractivity (Wildman–Crippen MR) is 56.6 cm³/mol. The minimum Gasteiger partial charge on any atom is -0.494 e. The van der Waals surface area contributed by atoms with Crippen molar-refractivity contribution in [3.63, 3.8) is 0 Å². The number of benzene rings is 1. The van der Waals surface area contributed by atoms with E-state index in [0.717, 1.165) is 5.75 Å². The molecule has 0 spiro atoms. The second kappa shape index (κ2) is 5.14. The van der Waals surface area contributed by atoms with Gasteiger partial charge >= 0.3 is 0 Å². The first kappa shape index (κ1) is 11.2. The number of ketones is 1. The number of oxime groups is 1. The quantitative estimate of drug-likeness (QED) is 0.465. The third kappa shape index (κ3) is 2.80. The van der Waals surface area contributed by atoms with E-state index >= 15 is 0 Å². The van der Waals surface area contributed by atoms with E-state index in [1.807, 2.05) is 6.92 Å². The molecule has 0 aliphatic carbocycles. The molecule has 0 bridgehead atoms. The molecule has 1 N–H and O–H groups in total. The van der Waals surface area contributed by atoms with Gasteiger partial charge in [-0.15, -0.1) is 0 Å². The van der Waals surface area contributed by atoms with Gasteiger partial charge in [-0.1, -0.05) is 5.16 Å². The highest BCUT2D eigenvalue weighted by Gasteiger charge is 2.09. The van der Waals surface area contributed by atoms with Gasteiger partial charge in [0.25, 0.3) is 0 Å². The summed E-state index contributed by atoms with van der Waals surface area (Å²) in [6.07, 6.45) is 0. The fraction of sp³-hybridized carbons (Fsp3) is 0.273. The minimum absolute atomic E-state index is 0.0537. The lowest BCUT2D eigenvalue weighted by atomic mass is 10.1. The molecule has 15 heavy (non-hydrogen) atoms. The number of Topliss-reactive ketones (excluding diaryl/α,β-unsaturated/α-hetero) is 1. The zero-order valence-electron chi connectivity index (χ0n) is 8.73. The van der Waals surface area contributed by atoms with Crippen LogP contribution in [0.2, 0.25) is 0 Å². The Bertz CT molecular complexity index is 368. The van der Waals surface area contributed by atoms with E-state index in [2.05, 4.69) is 5.16 Å². The van der Waals surface area contributed by atoms with Crippen molar-refractivity contribution in [1.82, 2.24) is 0 Å². The molecule has 1 aromatic carbocycles. The van der Waals surface area contributed by atoms with Crippen LogP contribution < -0.4 is 4.74 Å². The first-order valence-electron chi connectivity index (χ1n) is 4.65. The van der Waals surface area contributed by atoms with Crippen LogP contribution in [0.15, 0.2) is 29.4 Å². The highest BCUT2D eigenvalue weighted by Crippen LogP contribution is 2.13. The highest BCUT2D eigenvalue weighted by molar-refractivity contribution is 6.45. The maximum absolute atomic E-state index is 11.1. The summed E-state index contributed by atoms with van der Waals surface area (Å²) in [6.45, 7) is 3.84. The molecule has 0 heterocycles. The summed E-state index contributed by atoms with van der Waals surface area (Å²) in [5.41, 5.74) is 0.631. The number of carbonyl (C=O) groups excluding carboxylic acids is 1. The van der Waals surface area contributed by atoms with Crippen LogP contribution in [0.3, 0.4) is 0 Å². The molecule has 0 atom stereocenters. The molecule has 0 radical (unpaired) electrons. The van der Waals surface area contributed by atoms with E-state index in [9.17, 15) is 4.79 Å². The summed E-state index contributed by atoms with van der Waals surface area (Å²) in [4.78, 5) is 11.1. The molecule has 0 saturated heterocycles. The van der Waals surface area contributed by atoms with Crippen molar-refractivity contribution in [1.29, 1.82) is 0 Å². The lowest BCUT2D eigenvalue weighted by molar-refractivity contribution is -0.111. The molecule has 80 valence electrons. The van der Waals surface area contributed by atoms with Crippen molar-refractivity contribution < 1.29 is 14.7 Å². The lowest BCUT2D eigenvalue weighted by Gasteiger charge is -2.04. The maximum Gasteiger partial charge on any atom is 0.182 e. The number of carbonyl (C=O) groups is 1. The smallest absolute Gasteiger partial charge is 0.182 e. The van der Waals surface area contributed by atoms with Crippen molar-refractivity contribution in [2.75, 3.05) is 6.61 Å². The Balaban J connectivity index is 2.92. The molecule has 1 rings (SSSR count). The van der Waals surface area contributed by atoms with Crippen LogP contribution in [0.1, 0.15) is 19.4 Å². The molecule has 0 amide bonds. The molecule has 1 aromatic rings. The second-order valence-electron chi connectivity index (χ2n) is 2.96. The number of ether oxygens (including phenoxy) is 1. The standard InChI is InChI=1S/C11H13NO3/c1-3-15-10-6-4-9(5-7-10)11(12-14)8(2)13/h4-7,14H,3H2,1-2H3/b12-11+. The van der Waals surface area contributed by atoms with Crippen LogP contribution in [0.4, 0.5) is 0 Å². The average molecular weight is 207 g/mol. The van der Waals surface area contributed by atoms with Gasteiger partial charge in [-0.25, -0.2) is 0 Å². The van der Waals surface area contributed by atoms with E-state index in [4.69, 9.17) is 9.94 Å². The normalized spacial score (nSPS) is 11.2. The van der Waals surface area contributed by atoms with Crippen molar-refractivity contribution in [2.24, 2.45) is 5.16 Å². The Morgan fingerprint density at radius 1 is 1.40 bits per heavy atom. The van der Waals surface area contributed by atoms with Crippen LogP contribution >= 0.6 is 0 Å². The summed E-state index contributed by atoms with van der Waals surface area (Å²) < 4.78 is 5.25. The monoisotopic (exact) mass is 207 g/mol. The summed E-state index contributed by atoms with van der Waals surface area (Å²) >= 11 is 0. The fourth-order valence-corrected chi connectivity index (χ4v) is 1.21. The van der Waals surface area contributed by atoms with Gasteiger partial charge in [-0.3, -0.25) is 4.79 Å². The SMILES string of the molecule is CCOc1ccc(/C(=N/O)C(C)=O)cc1. The molecule has 0 saturated carbocycles. The van der Waals surface area contributed by atoms with Crippen LogP contribution in [-0.4, -0.2) is 23.3 Å². The Morgan fingerprint density at radius 2 is 2.00 bits per heavy atom. The topological polar surface area (TPSA) is 58.9 Å². The second-order valence-corrected chi connectivity index (χ2v) is 2.96. The first-order valence-corrected chi connectivity index (χ1v) is 4.65. The Kier molecular flexibility index (Phi) is 3.85. The van der Waals surface area contributed by atoms with Gasteiger partial charge in [-0.2, -0.15) is 0 Å². The number of hydrogen-bond donors (Lipinski definition) is 1. The van der Waals surface area contributed by atoms with Crippen LogP contribution in [0, 0.1) is 0 Å². The summed E-state index contributed by atoms with van der Waals surface area (Å²) in [6, 6.07) is 6.82. The highest BCUT2D eigenvalue weighted by atomic mass is 16.5. The van der Waals surface area contributed by atoms with E-state index in [0.29, 0.717) is 12.2 Å². The van der Waals surface area contributed by atoms with Gasteiger partial charge in [0.2, 0.25) is 0 Å². The molecular formula is C11H13NO3. The molecule has 0 fully saturated rings. The predicted octanol–water partition coefficient (Wildman–Crippen LogP) is 1.85. The van der Waals surface area contributed by atoms with Gasteiger partial charge in [0, 0.05) is 12.5 Å². The Hall–Kier alpha value is -1.84.